The first-order valence-electron chi connectivity index (χ1n) is 10.8. The molecule has 152 valence electrons. The lowest BCUT2D eigenvalue weighted by molar-refractivity contribution is 0.0741. The van der Waals surface area contributed by atoms with E-state index in [4.69, 9.17) is 0 Å². The standard InChI is InChI=1S/C24H30N4O/c29-24(28-17-15-27(16-18-28)22-9-5-2-6-10-22)23-12-11-21(19-26-23)25-14-13-20-7-3-1-4-8-20/h2,5-7,9-12,19,25H,1,3-4,8,13-18H2. The number of hydrogen-bond acceptors (Lipinski definition) is 4. The Bertz CT molecular complexity index is 824. The number of rotatable bonds is 6. The molecule has 0 saturated carbocycles. The zero-order chi connectivity index (χ0) is 19.9. The maximum Gasteiger partial charge on any atom is 0.272 e. The van der Waals surface area contributed by atoms with E-state index in [-0.39, 0.29) is 5.91 Å². The average molecular weight is 391 g/mol. The molecule has 0 spiro atoms. The van der Waals surface area contributed by atoms with E-state index in [2.05, 4.69) is 45.5 Å². The molecule has 0 bridgehead atoms. The maximum atomic E-state index is 12.8. The summed E-state index contributed by atoms with van der Waals surface area (Å²) in [6.07, 6.45) is 10.4. The summed E-state index contributed by atoms with van der Waals surface area (Å²) in [7, 11) is 0. The summed E-state index contributed by atoms with van der Waals surface area (Å²) >= 11 is 0. The minimum Gasteiger partial charge on any atom is -0.383 e. The first-order chi connectivity index (χ1) is 14.3. The lowest BCUT2D eigenvalue weighted by atomic mass is 9.97. The van der Waals surface area contributed by atoms with Crippen molar-refractivity contribution in [1.29, 1.82) is 0 Å². The predicted molar refractivity (Wildman–Crippen MR) is 118 cm³/mol. The van der Waals surface area contributed by atoms with E-state index in [1.807, 2.05) is 23.1 Å². The fraction of sp³-hybridized carbons (Fsp3) is 0.417. The van der Waals surface area contributed by atoms with Crippen molar-refractivity contribution in [2.24, 2.45) is 0 Å². The Morgan fingerprint density at radius 1 is 1.00 bits per heavy atom. The Morgan fingerprint density at radius 2 is 1.83 bits per heavy atom. The van der Waals surface area contributed by atoms with Crippen LogP contribution in [-0.4, -0.2) is 48.5 Å². The highest BCUT2D eigenvalue weighted by Crippen LogP contribution is 2.20. The topological polar surface area (TPSA) is 48.5 Å². The van der Waals surface area contributed by atoms with Gasteiger partial charge in [-0.2, -0.15) is 0 Å². The van der Waals surface area contributed by atoms with Crippen molar-refractivity contribution in [2.75, 3.05) is 42.9 Å². The number of carbonyl (C=O) groups excluding carboxylic acids is 1. The number of carbonyl (C=O) groups is 1. The molecule has 5 nitrogen and oxygen atoms in total. The van der Waals surface area contributed by atoms with Crippen LogP contribution < -0.4 is 10.2 Å². The quantitative estimate of drug-likeness (QED) is 0.745. The van der Waals surface area contributed by atoms with Crippen LogP contribution in [-0.2, 0) is 0 Å². The molecule has 0 radical (unpaired) electrons. The van der Waals surface area contributed by atoms with Gasteiger partial charge in [-0.15, -0.1) is 0 Å². The van der Waals surface area contributed by atoms with Crippen LogP contribution in [0, 0.1) is 0 Å². The number of amides is 1. The largest absolute Gasteiger partial charge is 0.383 e. The van der Waals surface area contributed by atoms with E-state index in [1.165, 1.54) is 31.4 Å². The molecule has 0 atom stereocenters. The van der Waals surface area contributed by atoms with Crippen molar-refractivity contribution in [3.05, 3.63) is 66.0 Å². The maximum absolute atomic E-state index is 12.8. The number of allylic oxidation sites excluding steroid dienone is 1. The third-order valence-corrected chi connectivity index (χ3v) is 5.83. The second kappa shape index (κ2) is 9.59. The van der Waals surface area contributed by atoms with Crippen LogP contribution in [0.5, 0.6) is 0 Å². The summed E-state index contributed by atoms with van der Waals surface area (Å²) in [5.74, 6) is 0.0247. The highest BCUT2D eigenvalue weighted by Gasteiger charge is 2.23. The molecule has 4 rings (SSSR count). The molecule has 29 heavy (non-hydrogen) atoms. The second-order valence-electron chi connectivity index (χ2n) is 7.83. The van der Waals surface area contributed by atoms with Crippen LogP contribution in [0.1, 0.15) is 42.6 Å². The Hall–Kier alpha value is -2.82. The molecule has 1 aromatic heterocycles. The molecule has 1 aliphatic heterocycles. The van der Waals surface area contributed by atoms with Crippen molar-refractivity contribution >= 4 is 17.3 Å². The smallest absolute Gasteiger partial charge is 0.272 e. The van der Waals surface area contributed by atoms with Gasteiger partial charge in [0.1, 0.15) is 5.69 Å². The number of para-hydroxylation sites is 1. The fourth-order valence-corrected chi connectivity index (χ4v) is 4.09. The van der Waals surface area contributed by atoms with E-state index in [0.29, 0.717) is 5.69 Å². The number of hydrogen-bond donors (Lipinski definition) is 1. The van der Waals surface area contributed by atoms with Crippen molar-refractivity contribution in [2.45, 2.75) is 32.1 Å². The predicted octanol–water partition coefficient (Wildman–Crippen LogP) is 4.35. The van der Waals surface area contributed by atoms with Gasteiger partial charge in [-0.3, -0.25) is 4.79 Å². The minimum atomic E-state index is 0.0247. The normalized spacial score (nSPS) is 17.0. The molecule has 1 saturated heterocycles. The van der Waals surface area contributed by atoms with Crippen LogP contribution in [0.2, 0.25) is 0 Å². The number of nitrogens with zero attached hydrogens (tertiary/aromatic N) is 3. The molecule has 0 unspecified atom stereocenters. The zero-order valence-corrected chi connectivity index (χ0v) is 17.0. The molecule has 1 fully saturated rings. The molecule has 1 amide bonds. The van der Waals surface area contributed by atoms with Crippen LogP contribution in [0.25, 0.3) is 0 Å². The van der Waals surface area contributed by atoms with Crippen molar-refractivity contribution in [3.8, 4) is 0 Å². The van der Waals surface area contributed by atoms with Crippen molar-refractivity contribution in [3.63, 3.8) is 0 Å². The minimum absolute atomic E-state index is 0.0247. The number of pyridine rings is 1. The third kappa shape index (κ3) is 5.17. The summed E-state index contributed by atoms with van der Waals surface area (Å²) in [6, 6.07) is 14.2. The highest BCUT2D eigenvalue weighted by molar-refractivity contribution is 5.92. The number of anilines is 2. The number of nitrogens with one attached hydrogen (secondary N) is 1. The van der Waals surface area contributed by atoms with Gasteiger partial charge in [0.2, 0.25) is 0 Å². The van der Waals surface area contributed by atoms with Crippen molar-refractivity contribution in [1.82, 2.24) is 9.88 Å². The summed E-state index contributed by atoms with van der Waals surface area (Å²) < 4.78 is 0. The molecule has 2 heterocycles. The van der Waals surface area contributed by atoms with Gasteiger partial charge >= 0.3 is 0 Å². The Morgan fingerprint density at radius 3 is 2.52 bits per heavy atom. The Kier molecular flexibility index (Phi) is 6.45. The van der Waals surface area contributed by atoms with E-state index < -0.39 is 0 Å². The molecule has 2 aromatic rings. The molecule has 2 aliphatic rings. The average Bonchev–Trinajstić information content (AvgIpc) is 2.80. The monoisotopic (exact) mass is 390 g/mol. The molecular formula is C24H30N4O. The lowest BCUT2D eigenvalue weighted by Gasteiger charge is -2.36. The SMILES string of the molecule is O=C(c1ccc(NCCC2=CCCCC2)cn1)N1CCN(c2ccccc2)CC1. The van der Waals surface area contributed by atoms with Gasteiger partial charge in [0, 0.05) is 38.4 Å². The van der Waals surface area contributed by atoms with Gasteiger partial charge < -0.3 is 15.1 Å². The summed E-state index contributed by atoms with van der Waals surface area (Å²) in [5.41, 5.74) is 4.29. The van der Waals surface area contributed by atoms with Gasteiger partial charge in [0.05, 0.1) is 11.9 Å². The molecule has 5 heteroatoms. The van der Waals surface area contributed by atoms with E-state index in [1.54, 1.807) is 11.8 Å². The highest BCUT2D eigenvalue weighted by atomic mass is 16.2. The van der Waals surface area contributed by atoms with Crippen LogP contribution in [0.15, 0.2) is 60.3 Å². The van der Waals surface area contributed by atoms with E-state index >= 15 is 0 Å². The number of piperazine rings is 1. The van der Waals surface area contributed by atoms with E-state index in [0.717, 1.165) is 44.8 Å². The molecule has 1 aliphatic carbocycles. The number of benzene rings is 1. The molecular weight excluding hydrogens is 360 g/mol. The molecule has 1 N–H and O–H groups in total. The summed E-state index contributed by atoms with van der Waals surface area (Å²) in [5, 5.41) is 3.43. The van der Waals surface area contributed by atoms with Gasteiger partial charge in [-0.25, -0.2) is 4.98 Å². The Balaban J connectivity index is 1.25. The third-order valence-electron chi connectivity index (χ3n) is 5.83. The van der Waals surface area contributed by atoms with Gasteiger partial charge in [0.25, 0.3) is 5.91 Å². The second-order valence-corrected chi connectivity index (χ2v) is 7.83. The first kappa shape index (κ1) is 19.5. The molecule has 1 aromatic carbocycles. The van der Waals surface area contributed by atoms with Gasteiger partial charge in [0.15, 0.2) is 0 Å². The first-order valence-corrected chi connectivity index (χ1v) is 10.8. The van der Waals surface area contributed by atoms with Gasteiger partial charge in [-0.1, -0.05) is 29.8 Å². The Labute approximate surface area is 173 Å². The number of aromatic nitrogens is 1. The van der Waals surface area contributed by atoms with E-state index in [9.17, 15) is 4.79 Å². The fourth-order valence-electron chi connectivity index (χ4n) is 4.09. The summed E-state index contributed by atoms with van der Waals surface area (Å²) in [4.78, 5) is 21.4. The van der Waals surface area contributed by atoms with Crippen molar-refractivity contribution < 1.29 is 4.79 Å². The summed E-state index contributed by atoms with van der Waals surface area (Å²) in [6.45, 7) is 4.08. The van der Waals surface area contributed by atoms with Gasteiger partial charge in [-0.05, 0) is 56.4 Å². The zero-order valence-electron chi connectivity index (χ0n) is 17.0. The van der Waals surface area contributed by atoms with Crippen LogP contribution in [0.4, 0.5) is 11.4 Å². The van der Waals surface area contributed by atoms with Crippen LogP contribution in [0.3, 0.4) is 0 Å². The lowest BCUT2D eigenvalue weighted by Crippen LogP contribution is -2.49. The van der Waals surface area contributed by atoms with Crippen LogP contribution >= 0.6 is 0 Å².